The van der Waals surface area contributed by atoms with Crippen LogP contribution in [0, 0.1) is 30.6 Å². The molecule has 63 heavy (non-hydrogen) atoms. The zero-order valence-corrected chi connectivity index (χ0v) is 37.8. The summed E-state index contributed by atoms with van der Waals surface area (Å²) in [7, 11) is 3.51. The molecule has 5 heterocycles. The van der Waals surface area contributed by atoms with E-state index in [9.17, 15) is 39.9 Å². The van der Waals surface area contributed by atoms with Crippen LogP contribution in [0.4, 0.5) is 5.69 Å². The molecule has 2 saturated heterocycles. The molecule has 0 aliphatic carbocycles. The number of allylic oxidation sites excluding steroid dienone is 2. The third-order valence-electron chi connectivity index (χ3n) is 13.3. The predicted octanol–water partition coefficient (Wildman–Crippen LogP) is 4.02. The van der Waals surface area contributed by atoms with Crippen molar-refractivity contribution in [3.63, 3.8) is 0 Å². The van der Waals surface area contributed by atoms with Crippen molar-refractivity contribution in [2.24, 2.45) is 28.8 Å². The number of nitrogens with zero attached hydrogens (tertiary/aromatic N) is 4. The molecule has 0 aromatic heterocycles. The molecule has 344 valence electrons. The number of aliphatic hydroxyl groups is 2. The number of piperazine rings is 2. The van der Waals surface area contributed by atoms with Gasteiger partial charge in [0.25, 0.3) is 11.7 Å². The van der Waals surface area contributed by atoms with Gasteiger partial charge in [-0.25, -0.2) is 0 Å². The Bertz CT molecular complexity index is 2220. The number of carbonyl (C=O) groups is 3. The Kier molecular flexibility index (Phi) is 14.2. The number of ketones is 1. The molecule has 5 bridgehead atoms. The molecule has 1 amide bonds. The number of fused-ring (bicyclic) bond motifs is 15. The number of likely N-dealkylation sites (N-methyl/N-ethyl adjacent to an activating group) is 1. The highest BCUT2D eigenvalue weighted by molar-refractivity contribution is 6.23. The molecule has 0 radical (unpaired) electrons. The second-order valence-corrected chi connectivity index (χ2v) is 17.7. The maximum absolute atomic E-state index is 14.6. The van der Waals surface area contributed by atoms with Gasteiger partial charge in [-0.05, 0) is 27.0 Å². The first kappa shape index (κ1) is 47.3. The smallest absolute Gasteiger partial charge is 0.312 e. The number of methoxy groups -OCH3 is 1. The van der Waals surface area contributed by atoms with Crippen LogP contribution >= 0.6 is 0 Å². The molecule has 7 rings (SSSR count). The number of esters is 1. The minimum absolute atomic E-state index is 0.0586. The molecule has 2 aromatic rings. The van der Waals surface area contributed by atoms with Gasteiger partial charge in [-0.1, -0.05) is 45.9 Å². The molecule has 5 aliphatic heterocycles. The zero-order chi connectivity index (χ0) is 46.2. The lowest BCUT2D eigenvalue weighted by Crippen LogP contribution is -2.60. The topological polar surface area (TPSA) is 223 Å². The van der Waals surface area contributed by atoms with Gasteiger partial charge < -0.3 is 54.7 Å². The molecule has 2 fully saturated rings. The van der Waals surface area contributed by atoms with Crippen LogP contribution in [-0.2, 0) is 23.8 Å². The number of benzene rings is 2. The number of anilines is 1. The van der Waals surface area contributed by atoms with Crippen molar-refractivity contribution in [2.45, 2.75) is 91.6 Å². The van der Waals surface area contributed by atoms with Gasteiger partial charge in [0.05, 0.1) is 59.5 Å². The summed E-state index contributed by atoms with van der Waals surface area (Å²) in [4.78, 5) is 45.5. The summed E-state index contributed by atoms with van der Waals surface area (Å²) in [6.45, 7) is 17.2. The van der Waals surface area contributed by atoms with Crippen LogP contribution in [0.15, 0.2) is 41.2 Å². The van der Waals surface area contributed by atoms with E-state index in [2.05, 4.69) is 22.2 Å². The number of phenolic OH excluding ortho intramolecular Hbond substituents is 3. The van der Waals surface area contributed by atoms with E-state index in [4.69, 9.17) is 24.0 Å². The number of aromatic hydroxyl groups is 3. The molecular formula is C46H63N5O12. The lowest BCUT2D eigenvalue weighted by Gasteiger charge is -2.45. The van der Waals surface area contributed by atoms with Crippen LogP contribution < -0.4 is 10.1 Å². The van der Waals surface area contributed by atoms with E-state index in [0.717, 1.165) is 26.2 Å². The Labute approximate surface area is 368 Å². The molecule has 17 heteroatoms. The van der Waals surface area contributed by atoms with E-state index >= 15 is 0 Å². The second kappa shape index (κ2) is 18.9. The van der Waals surface area contributed by atoms with Gasteiger partial charge in [-0.2, -0.15) is 5.10 Å². The number of rotatable bonds is 4. The Balaban J connectivity index is 1.50. The molecule has 0 saturated carbocycles. The van der Waals surface area contributed by atoms with Gasteiger partial charge in [0.2, 0.25) is 0 Å². The normalized spacial score (nSPS) is 33.4. The first-order valence-electron chi connectivity index (χ1n) is 21.5. The molecule has 1 unspecified atom stereocenters. The standard InChI is InChI=1S/C46H63N5O12/c1-23-12-11-13-24(2)45(59)48-36-31(20-47-51-18-17-50-16-15-49(9)21-30(50)22-51)40(56)33-34(41(36)57)39(55)28(6)43-35(33)44(58)46(8,63-43)61-19-14-32(60-10)25(3)42(62-29(7)52)27(5)38(54)26(4)37(23)53/h11-14,19-20,23,25-27,30,32,37-38,42,53-57H,15-18,21-22H2,1-10H3,(H,48,59)/b12-11+,19-14+,24-13-,47-20-/t23-,25+,26+,27+,30?,32-,37-,38+,42+,46-/m0/s1. The van der Waals surface area contributed by atoms with Crippen molar-refractivity contribution < 1.29 is 58.9 Å². The first-order chi connectivity index (χ1) is 29.7. The average Bonchev–Trinajstić information content (AvgIpc) is 3.51. The molecule has 5 aliphatic rings. The predicted molar refractivity (Wildman–Crippen MR) is 236 cm³/mol. The van der Waals surface area contributed by atoms with Crippen LogP contribution in [0.5, 0.6) is 23.0 Å². The number of hydrazone groups is 1. The summed E-state index contributed by atoms with van der Waals surface area (Å²) >= 11 is 0. The number of carbonyl (C=O) groups excluding carboxylic acids is 3. The van der Waals surface area contributed by atoms with Gasteiger partial charge in [0, 0.05) is 99.9 Å². The highest BCUT2D eigenvalue weighted by atomic mass is 16.7. The van der Waals surface area contributed by atoms with Crippen molar-refractivity contribution in [3.05, 3.63) is 52.8 Å². The largest absolute Gasteiger partial charge is 0.507 e. The van der Waals surface area contributed by atoms with Gasteiger partial charge in [0.15, 0.2) is 5.75 Å². The minimum atomic E-state index is -2.05. The van der Waals surface area contributed by atoms with Gasteiger partial charge in [-0.15, -0.1) is 0 Å². The van der Waals surface area contributed by atoms with Crippen LogP contribution in [-0.4, -0.2) is 154 Å². The van der Waals surface area contributed by atoms with Crippen LogP contribution in [0.25, 0.3) is 10.8 Å². The van der Waals surface area contributed by atoms with E-state index in [1.807, 2.05) is 5.01 Å². The first-order valence-corrected chi connectivity index (χ1v) is 21.5. The van der Waals surface area contributed by atoms with Gasteiger partial charge in [0.1, 0.15) is 23.4 Å². The quantitative estimate of drug-likeness (QED) is 0.111. The maximum atomic E-state index is 14.6. The fraction of sp³-hybridized carbons (Fsp3) is 0.565. The summed E-state index contributed by atoms with van der Waals surface area (Å²) in [6, 6.07) is 0.208. The van der Waals surface area contributed by atoms with Crippen molar-refractivity contribution in [1.29, 1.82) is 0 Å². The summed E-state index contributed by atoms with van der Waals surface area (Å²) in [5.74, 6) is -8.33. The van der Waals surface area contributed by atoms with Crippen molar-refractivity contribution in [1.82, 2.24) is 14.8 Å². The number of aliphatic hydroxyl groups excluding tert-OH is 2. The number of nitrogens with one attached hydrogen (secondary N) is 1. The second-order valence-electron chi connectivity index (χ2n) is 17.7. The minimum Gasteiger partial charge on any atom is -0.507 e. The molecule has 6 N–H and O–H groups in total. The lowest BCUT2D eigenvalue weighted by atomic mass is 9.78. The van der Waals surface area contributed by atoms with Crippen molar-refractivity contribution >= 4 is 40.3 Å². The van der Waals surface area contributed by atoms with Gasteiger partial charge >= 0.3 is 11.8 Å². The molecule has 17 nitrogen and oxygen atoms in total. The monoisotopic (exact) mass is 877 g/mol. The van der Waals surface area contributed by atoms with E-state index in [1.54, 1.807) is 39.8 Å². The third kappa shape index (κ3) is 9.25. The number of phenols is 3. The fourth-order valence-corrected chi connectivity index (χ4v) is 9.21. The number of amides is 1. The SMILES string of the molecule is CO[C@H]1/C=C/O[C@@]2(C)Oc3c(C)c(O)c4c(O)c(c(/C=N\N5CCN6CCN(C)CC6C5)c(O)c4c3C2=O)NC(=O)/C(C)=C\C=C\[C@H](C)[C@H](O)[C@@H](C)[C@@H](O)[C@@H](C)[C@H](OC(C)=O)[C@@H]1C. The summed E-state index contributed by atoms with van der Waals surface area (Å²) in [5, 5.41) is 67.7. The Morgan fingerprint density at radius 1 is 0.937 bits per heavy atom. The Morgan fingerprint density at radius 2 is 1.63 bits per heavy atom. The van der Waals surface area contributed by atoms with Crippen molar-refractivity contribution in [3.8, 4) is 23.0 Å². The Hall–Kier alpha value is -5.20. The maximum Gasteiger partial charge on any atom is 0.312 e. The van der Waals surface area contributed by atoms with Crippen LogP contribution in [0.1, 0.15) is 70.0 Å². The van der Waals surface area contributed by atoms with Gasteiger partial charge in [-0.3, -0.25) is 24.3 Å². The highest BCUT2D eigenvalue weighted by Gasteiger charge is 2.50. The summed E-state index contributed by atoms with van der Waals surface area (Å²) in [6.07, 6.45) is 4.93. The average molecular weight is 878 g/mol. The van der Waals surface area contributed by atoms with E-state index < -0.39 is 88.8 Å². The summed E-state index contributed by atoms with van der Waals surface area (Å²) < 4.78 is 23.7. The highest BCUT2D eigenvalue weighted by Crippen LogP contribution is 2.55. The van der Waals surface area contributed by atoms with Crippen LogP contribution in [0.2, 0.25) is 0 Å². The summed E-state index contributed by atoms with van der Waals surface area (Å²) in [5.41, 5.74) is -0.325. The number of Topliss-reactive ketones (excluding diaryl/α,β-unsaturated/α-hetero) is 1. The van der Waals surface area contributed by atoms with Crippen molar-refractivity contribution in [2.75, 3.05) is 58.7 Å². The number of hydrogen-bond acceptors (Lipinski definition) is 16. The van der Waals surface area contributed by atoms with E-state index in [0.29, 0.717) is 13.1 Å². The molecule has 2 aromatic carbocycles. The van der Waals surface area contributed by atoms with E-state index in [-0.39, 0.29) is 50.5 Å². The zero-order valence-electron chi connectivity index (χ0n) is 37.8. The molecular weight excluding hydrogens is 815 g/mol. The molecule has 0 spiro atoms. The molecule has 10 atom stereocenters. The Morgan fingerprint density at radius 3 is 2.32 bits per heavy atom. The number of ether oxygens (including phenoxy) is 4. The van der Waals surface area contributed by atoms with Crippen LogP contribution in [0.3, 0.4) is 0 Å². The number of hydrogen-bond donors (Lipinski definition) is 6. The van der Waals surface area contributed by atoms with E-state index in [1.165, 1.54) is 59.4 Å². The fourth-order valence-electron chi connectivity index (χ4n) is 9.21. The third-order valence-corrected chi connectivity index (χ3v) is 13.3. The lowest BCUT2D eigenvalue weighted by molar-refractivity contribution is -0.160.